The average molecular weight is 394 g/mol. The maximum Gasteiger partial charge on any atom is 0.143 e. The number of benzene rings is 1. The zero-order chi connectivity index (χ0) is 13.1. The lowest BCUT2D eigenvalue weighted by Crippen LogP contribution is -2.00. The van der Waals surface area contributed by atoms with Crippen LogP contribution < -0.4 is 5.32 Å². The molecule has 2 rings (SSSR count). The minimum Gasteiger partial charge on any atom is -0.380 e. The quantitative estimate of drug-likeness (QED) is 0.740. The highest BCUT2D eigenvalue weighted by molar-refractivity contribution is 9.10. The Morgan fingerprint density at radius 1 is 1.22 bits per heavy atom. The molecule has 0 fully saturated rings. The molecule has 0 radical (unpaired) electrons. The highest BCUT2D eigenvalue weighted by Crippen LogP contribution is 2.23. The number of rotatable bonds is 3. The highest BCUT2D eigenvalue weighted by atomic mass is 79.9. The fourth-order valence-corrected chi connectivity index (χ4v) is 2.07. The summed E-state index contributed by atoms with van der Waals surface area (Å²) in [6.07, 6.45) is 1.63. The molecule has 0 aliphatic heterocycles. The molecule has 1 heterocycles. The number of pyridine rings is 1. The lowest BCUT2D eigenvalue weighted by molar-refractivity contribution is 0.619. The summed E-state index contributed by atoms with van der Waals surface area (Å²) >= 11 is 12.2. The number of anilines is 1. The van der Waals surface area contributed by atoms with Crippen molar-refractivity contribution in [2.75, 3.05) is 5.32 Å². The van der Waals surface area contributed by atoms with E-state index in [1.54, 1.807) is 12.3 Å². The molecule has 0 aliphatic carbocycles. The van der Waals surface area contributed by atoms with E-state index in [4.69, 9.17) is 11.6 Å². The van der Waals surface area contributed by atoms with Crippen LogP contribution in [0.4, 0.5) is 10.1 Å². The summed E-state index contributed by atoms with van der Waals surface area (Å²) in [6.45, 7) is 0.514. The van der Waals surface area contributed by atoms with Gasteiger partial charge >= 0.3 is 0 Å². The van der Waals surface area contributed by atoms with Crippen LogP contribution in [0.3, 0.4) is 0 Å². The van der Waals surface area contributed by atoms with Crippen LogP contribution in [0.5, 0.6) is 0 Å². The fraction of sp³-hybridized carbons (Fsp3) is 0.0833. The van der Waals surface area contributed by atoms with Gasteiger partial charge in [0.2, 0.25) is 0 Å². The summed E-state index contributed by atoms with van der Waals surface area (Å²) in [5, 5.41) is 3.55. The van der Waals surface area contributed by atoms with Gasteiger partial charge in [-0.05, 0) is 55.6 Å². The minimum atomic E-state index is -0.273. The van der Waals surface area contributed by atoms with Crippen molar-refractivity contribution in [2.45, 2.75) is 6.54 Å². The molecule has 1 N–H and O–H groups in total. The van der Waals surface area contributed by atoms with Gasteiger partial charge < -0.3 is 5.32 Å². The van der Waals surface area contributed by atoms with Crippen molar-refractivity contribution in [2.24, 2.45) is 0 Å². The van der Waals surface area contributed by atoms with E-state index in [2.05, 4.69) is 42.2 Å². The van der Waals surface area contributed by atoms with Gasteiger partial charge in [0, 0.05) is 6.54 Å². The largest absolute Gasteiger partial charge is 0.380 e. The van der Waals surface area contributed by atoms with Gasteiger partial charge in [0.15, 0.2) is 0 Å². The molecule has 0 aliphatic rings. The van der Waals surface area contributed by atoms with Crippen LogP contribution in [0.1, 0.15) is 5.56 Å². The van der Waals surface area contributed by atoms with Gasteiger partial charge in [-0.2, -0.15) is 0 Å². The lowest BCUT2D eigenvalue weighted by atomic mass is 10.2. The topological polar surface area (TPSA) is 24.9 Å². The van der Waals surface area contributed by atoms with Crippen molar-refractivity contribution < 1.29 is 4.39 Å². The maximum atomic E-state index is 13.3. The van der Waals surface area contributed by atoms with Gasteiger partial charge in [0.25, 0.3) is 0 Å². The number of aromatic nitrogens is 1. The normalized spacial score (nSPS) is 10.4. The third kappa shape index (κ3) is 3.43. The Hall–Kier alpha value is -0.650. The maximum absolute atomic E-state index is 13.3. The summed E-state index contributed by atoms with van der Waals surface area (Å²) in [4.78, 5) is 4.00. The smallest absolute Gasteiger partial charge is 0.143 e. The second kappa shape index (κ2) is 5.99. The van der Waals surface area contributed by atoms with E-state index >= 15 is 0 Å². The molecule has 0 saturated carbocycles. The molecule has 0 unspecified atom stereocenters. The number of nitrogens with one attached hydrogen (secondary N) is 1. The van der Waals surface area contributed by atoms with Crippen LogP contribution >= 0.6 is 43.5 Å². The van der Waals surface area contributed by atoms with Crippen molar-refractivity contribution in [3.8, 4) is 0 Å². The van der Waals surface area contributed by atoms with E-state index in [1.807, 2.05) is 12.1 Å². The van der Waals surface area contributed by atoms with E-state index in [1.165, 1.54) is 6.07 Å². The molecule has 18 heavy (non-hydrogen) atoms. The lowest BCUT2D eigenvalue weighted by Gasteiger charge is -2.07. The molecule has 2 nitrogen and oxygen atoms in total. The summed E-state index contributed by atoms with van der Waals surface area (Å²) in [5.41, 5.74) is 1.66. The zero-order valence-electron chi connectivity index (χ0n) is 9.05. The third-order valence-corrected chi connectivity index (χ3v) is 4.05. The van der Waals surface area contributed by atoms with E-state index < -0.39 is 0 Å². The van der Waals surface area contributed by atoms with Crippen LogP contribution in [-0.2, 0) is 6.54 Å². The van der Waals surface area contributed by atoms with Crippen molar-refractivity contribution in [3.05, 3.63) is 55.9 Å². The second-order valence-corrected chi connectivity index (χ2v) is 5.67. The molecule has 0 amide bonds. The monoisotopic (exact) mass is 392 g/mol. The van der Waals surface area contributed by atoms with Gasteiger partial charge in [0.05, 0.1) is 20.8 Å². The first-order chi connectivity index (χ1) is 8.56. The van der Waals surface area contributed by atoms with Gasteiger partial charge in [-0.1, -0.05) is 17.7 Å². The molecule has 0 bridgehead atoms. The van der Waals surface area contributed by atoms with Crippen molar-refractivity contribution >= 4 is 49.1 Å². The molecular formula is C12H8Br2ClFN2. The van der Waals surface area contributed by atoms with E-state index in [0.717, 1.165) is 15.7 Å². The fourth-order valence-electron chi connectivity index (χ4n) is 1.37. The molecule has 1 aromatic carbocycles. The first kappa shape index (κ1) is 13.8. The van der Waals surface area contributed by atoms with Crippen LogP contribution in [0.15, 0.2) is 39.4 Å². The van der Waals surface area contributed by atoms with E-state index in [-0.39, 0.29) is 5.82 Å². The zero-order valence-corrected chi connectivity index (χ0v) is 13.0. The van der Waals surface area contributed by atoms with Gasteiger partial charge in [-0.15, -0.1) is 0 Å². The molecule has 0 saturated heterocycles. The van der Waals surface area contributed by atoms with Crippen molar-refractivity contribution in [1.29, 1.82) is 0 Å². The number of hydrogen-bond donors (Lipinski definition) is 1. The minimum absolute atomic E-state index is 0.273. The van der Waals surface area contributed by atoms with E-state index in [0.29, 0.717) is 16.2 Å². The second-order valence-electron chi connectivity index (χ2n) is 3.60. The molecule has 2 aromatic rings. The molecular weight excluding hydrogens is 386 g/mol. The Morgan fingerprint density at radius 3 is 2.67 bits per heavy atom. The average Bonchev–Trinajstić information content (AvgIpc) is 2.35. The van der Waals surface area contributed by atoms with Gasteiger partial charge in [-0.25, -0.2) is 9.37 Å². The van der Waals surface area contributed by atoms with Crippen LogP contribution in [0.25, 0.3) is 0 Å². The molecule has 94 valence electrons. The van der Waals surface area contributed by atoms with Crippen molar-refractivity contribution in [1.82, 2.24) is 4.98 Å². The number of halogens is 4. The Balaban J connectivity index is 2.06. The van der Waals surface area contributed by atoms with Crippen LogP contribution in [0, 0.1) is 5.82 Å². The number of nitrogens with zero attached hydrogens (tertiary/aromatic N) is 1. The SMILES string of the molecule is Fc1cc(CNc2cnc(Cl)c(Br)c2)ccc1Br. The summed E-state index contributed by atoms with van der Waals surface area (Å²) in [5.74, 6) is -0.273. The first-order valence-electron chi connectivity index (χ1n) is 5.05. The third-order valence-electron chi connectivity index (χ3n) is 2.28. The summed E-state index contributed by atoms with van der Waals surface area (Å²) < 4.78 is 14.5. The molecule has 1 aromatic heterocycles. The predicted octanol–water partition coefficient (Wildman–Crippen LogP) is 5.01. The molecule has 0 atom stereocenters. The van der Waals surface area contributed by atoms with Gasteiger partial charge in [0.1, 0.15) is 11.0 Å². The van der Waals surface area contributed by atoms with Gasteiger partial charge in [-0.3, -0.25) is 0 Å². The first-order valence-corrected chi connectivity index (χ1v) is 7.01. The Morgan fingerprint density at radius 2 is 2.00 bits per heavy atom. The van der Waals surface area contributed by atoms with Crippen molar-refractivity contribution in [3.63, 3.8) is 0 Å². The standard InChI is InChI=1S/C12H8Br2ClFN2/c13-9-2-1-7(3-11(9)16)5-17-8-4-10(14)12(15)18-6-8/h1-4,6,17H,5H2. The summed E-state index contributed by atoms with van der Waals surface area (Å²) in [6, 6.07) is 6.83. The number of hydrogen-bond acceptors (Lipinski definition) is 2. The molecule has 0 spiro atoms. The van der Waals surface area contributed by atoms with Crippen LogP contribution in [-0.4, -0.2) is 4.98 Å². The Labute approximate surface area is 126 Å². The predicted molar refractivity (Wildman–Crippen MR) is 78.4 cm³/mol. The van der Waals surface area contributed by atoms with Crippen LogP contribution in [0.2, 0.25) is 5.15 Å². The highest BCUT2D eigenvalue weighted by Gasteiger charge is 2.02. The Kier molecular flexibility index (Phi) is 4.59. The summed E-state index contributed by atoms with van der Waals surface area (Å²) in [7, 11) is 0. The molecule has 6 heteroatoms. The van der Waals surface area contributed by atoms with E-state index in [9.17, 15) is 4.39 Å². The Bertz CT molecular complexity index is 526.